The minimum absolute atomic E-state index is 0.0435. The highest BCUT2D eigenvalue weighted by molar-refractivity contribution is 6.64. The number of carbonyl (C=O) groups excluding carboxylic acids is 1. The summed E-state index contributed by atoms with van der Waals surface area (Å²) in [5.41, 5.74) is 0.0878. The Balaban J connectivity index is 2.60. The Bertz CT molecular complexity index is 218. The predicted octanol–water partition coefficient (Wildman–Crippen LogP) is 2.99. The van der Waals surface area contributed by atoms with E-state index < -0.39 is 0 Å². The third-order valence-corrected chi connectivity index (χ3v) is 2.97. The van der Waals surface area contributed by atoms with Gasteiger partial charge in [-0.25, -0.2) is 0 Å². The van der Waals surface area contributed by atoms with Crippen LogP contribution in [0.4, 0.5) is 0 Å². The van der Waals surface area contributed by atoms with E-state index in [9.17, 15) is 4.79 Å². The zero-order valence-corrected chi connectivity index (χ0v) is 8.56. The molecule has 0 aliphatic heterocycles. The van der Waals surface area contributed by atoms with Crippen molar-refractivity contribution in [2.45, 2.75) is 27.2 Å². The van der Waals surface area contributed by atoms with Gasteiger partial charge < -0.3 is 0 Å². The summed E-state index contributed by atoms with van der Waals surface area (Å²) in [5, 5.41) is -0.189. The number of carbonyl (C=O) groups is 1. The summed E-state index contributed by atoms with van der Waals surface area (Å²) in [6.07, 6.45) is 5.24. The average molecular weight is 187 g/mol. The van der Waals surface area contributed by atoms with Crippen LogP contribution in [0.5, 0.6) is 0 Å². The van der Waals surface area contributed by atoms with Crippen molar-refractivity contribution in [3.8, 4) is 0 Å². The second-order valence-electron chi connectivity index (χ2n) is 3.97. The summed E-state index contributed by atoms with van der Waals surface area (Å²) in [6, 6.07) is 0. The maximum Gasteiger partial charge on any atom is 0.225 e. The second-order valence-corrected chi connectivity index (χ2v) is 4.34. The fourth-order valence-electron chi connectivity index (χ4n) is 1.75. The molecule has 0 unspecified atom stereocenters. The van der Waals surface area contributed by atoms with Gasteiger partial charge in [-0.3, -0.25) is 4.79 Å². The minimum atomic E-state index is -0.189. The first kappa shape index (κ1) is 9.79. The number of halogens is 1. The molecule has 0 amide bonds. The Kier molecular flexibility index (Phi) is 2.62. The van der Waals surface area contributed by atoms with Crippen molar-refractivity contribution in [1.82, 2.24) is 0 Å². The molecule has 0 bridgehead atoms. The first-order valence-corrected chi connectivity index (χ1v) is 4.75. The molecule has 0 heterocycles. The zero-order valence-electron chi connectivity index (χ0n) is 7.80. The number of hydrogen-bond donors (Lipinski definition) is 0. The molecule has 0 radical (unpaired) electrons. The summed E-state index contributed by atoms with van der Waals surface area (Å²) in [5.74, 6) is 0.407. The molecule has 1 saturated carbocycles. The van der Waals surface area contributed by atoms with Gasteiger partial charge >= 0.3 is 0 Å². The van der Waals surface area contributed by atoms with Gasteiger partial charge in [-0.1, -0.05) is 32.9 Å². The summed E-state index contributed by atoms with van der Waals surface area (Å²) in [6.45, 7) is 6.26. The van der Waals surface area contributed by atoms with E-state index in [0.29, 0.717) is 5.92 Å². The van der Waals surface area contributed by atoms with E-state index in [1.165, 1.54) is 0 Å². The molecule has 1 nitrogen and oxygen atoms in total. The molecular formula is C10H15ClO. The number of hydrogen-bond acceptors (Lipinski definition) is 1. The van der Waals surface area contributed by atoms with Crippen LogP contribution in [0.3, 0.4) is 0 Å². The fraction of sp³-hybridized carbons (Fsp3) is 0.700. The van der Waals surface area contributed by atoms with Crippen LogP contribution in [-0.2, 0) is 4.79 Å². The molecule has 0 aromatic rings. The molecule has 1 aliphatic carbocycles. The monoisotopic (exact) mass is 186 g/mol. The van der Waals surface area contributed by atoms with E-state index >= 15 is 0 Å². The lowest BCUT2D eigenvalue weighted by atomic mass is 10.1. The van der Waals surface area contributed by atoms with E-state index in [2.05, 4.69) is 32.9 Å². The van der Waals surface area contributed by atoms with Gasteiger partial charge in [0.1, 0.15) is 0 Å². The third kappa shape index (κ3) is 1.56. The SMILES string of the molecule is CCC=C[C@@H]1[C@@H](C(=O)Cl)C1(C)C. The fourth-order valence-corrected chi connectivity index (χ4v) is 2.17. The molecule has 1 fully saturated rings. The van der Waals surface area contributed by atoms with Crippen molar-refractivity contribution in [3.63, 3.8) is 0 Å². The van der Waals surface area contributed by atoms with Gasteiger partial charge in [0, 0.05) is 5.92 Å². The summed E-state index contributed by atoms with van der Waals surface area (Å²) in [4.78, 5) is 10.9. The van der Waals surface area contributed by atoms with Crippen LogP contribution in [-0.4, -0.2) is 5.24 Å². The Morgan fingerprint density at radius 3 is 2.50 bits per heavy atom. The average Bonchev–Trinajstić information content (AvgIpc) is 2.49. The molecule has 0 saturated heterocycles. The lowest BCUT2D eigenvalue weighted by Gasteiger charge is -1.95. The topological polar surface area (TPSA) is 17.1 Å². The zero-order chi connectivity index (χ0) is 9.35. The van der Waals surface area contributed by atoms with E-state index in [-0.39, 0.29) is 16.6 Å². The van der Waals surface area contributed by atoms with E-state index in [1.807, 2.05) is 0 Å². The molecule has 12 heavy (non-hydrogen) atoms. The first-order valence-electron chi connectivity index (χ1n) is 4.37. The molecule has 0 spiro atoms. The van der Waals surface area contributed by atoms with Crippen molar-refractivity contribution < 1.29 is 4.79 Å². The third-order valence-electron chi connectivity index (χ3n) is 2.73. The van der Waals surface area contributed by atoms with Crippen LogP contribution in [0, 0.1) is 17.3 Å². The van der Waals surface area contributed by atoms with Crippen LogP contribution in [0.15, 0.2) is 12.2 Å². The predicted molar refractivity (Wildman–Crippen MR) is 51.1 cm³/mol. The van der Waals surface area contributed by atoms with Gasteiger partial charge in [0.15, 0.2) is 0 Å². The Hall–Kier alpha value is -0.300. The molecule has 1 rings (SSSR count). The molecule has 0 N–H and O–H groups in total. The number of rotatable bonds is 3. The Morgan fingerprint density at radius 2 is 2.17 bits per heavy atom. The van der Waals surface area contributed by atoms with Crippen molar-refractivity contribution in [2.24, 2.45) is 17.3 Å². The molecule has 68 valence electrons. The van der Waals surface area contributed by atoms with Gasteiger partial charge in [0.05, 0.1) is 0 Å². The van der Waals surface area contributed by atoms with Crippen LogP contribution in [0.2, 0.25) is 0 Å². The number of allylic oxidation sites excluding steroid dienone is 2. The van der Waals surface area contributed by atoms with Crippen molar-refractivity contribution in [3.05, 3.63) is 12.2 Å². The van der Waals surface area contributed by atoms with Crippen LogP contribution >= 0.6 is 11.6 Å². The lowest BCUT2D eigenvalue weighted by molar-refractivity contribution is -0.113. The smallest absolute Gasteiger partial charge is 0.225 e. The van der Waals surface area contributed by atoms with Gasteiger partial charge in [-0.2, -0.15) is 0 Å². The van der Waals surface area contributed by atoms with E-state index in [0.717, 1.165) is 6.42 Å². The normalized spacial score (nSPS) is 32.3. The quantitative estimate of drug-likeness (QED) is 0.489. The van der Waals surface area contributed by atoms with Crippen molar-refractivity contribution in [1.29, 1.82) is 0 Å². The Labute approximate surface area is 78.8 Å². The lowest BCUT2D eigenvalue weighted by Crippen LogP contribution is -1.96. The molecular weight excluding hydrogens is 172 g/mol. The van der Waals surface area contributed by atoms with Crippen LogP contribution in [0.1, 0.15) is 27.2 Å². The first-order chi connectivity index (χ1) is 5.51. The van der Waals surface area contributed by atoms with Crippen molar-refractivity contribution >= 4 is 16.8 Å². The summed E-state index contributed by atoms with van der Waals surface area (Å²) < 4.78 is 0. The highest BCUT2D eigenvalue weighted by Gasteiger charge is 2.59. The summed E-state index contributed by atoms with van der Waals surface area (Å²) in [7, 11) is 0. The summed E-state index contributed by atoms with van der Waals surface area (Å²) >= 11 is 5.46. The maximum absolute atomic E-state index is 10.9. The van der Waals surface area contributed by atoms with Crippen LogP contribution in [0.25, 0.3) is 0 Å². The largest absolute Gasteiger partial charge is 0.281 e. The second kappa shape index (κ2) is 3.21. The molecule has 2 atom stereocenters. The maximum atomic E-state index is 10.9. The van der Waals surface area contributed by atoms with Crippen LogP contribution < -0.4 is 0 Å². The molecule has 1 aliphatic rings. The van der Waals surface area contributed by atoms with Gasteiger partial charge in [-0.15, -0.1) is 0 Å². The Morgan fingerprint density at radius 1 is 1.58 bits per heavy atom. The molecule has 2 heteroatoms. The highest BCUT2D eigenvalue weighted by Crippen LogP contribution is 2.59. The van der Waals surface area contributed by atoms with Gasteiger partial charge in [0.25, 0.3) is 0 Å². The van der Waals surface area contributed by atoms with Crippen molar-refractivity contribution in [2.75, 3.05) is 0 Å². The van der Waals surface area contributed by atoms with E-state index in [1.54, 1.807) is 0 Å². The van der Waals surface area contributed by atoms with E-state index in [4.69, 9.17) is 11.6 Å². The molecule has 0 aromatic heterocycles. The highest BCUT2D eigenvalue weighted by atomic mass is 35.5. The minimum Gasteiger partial charge on any atom is -0.281 e. The standard InChI is InChI=1S/C10H15ClO/c1-4-5-6-7-8(9(11)12)10(7,2)3/h5-8H,4H2,1-3H3/t7-,8+/m1/s1. The van der Waals surface area contributed by atoms with Gasteiger partial charge in [0.2, 0.25) is 5.24 Å². The molecule has 0 aromatic carbocycles. The van der Waals surface area contributed by atoms with Gasteiger partial charge in [-0.05, 0) is 29.4 Å².